The first kappa shape index (κ1) is 12.8. The predicted octanol–water partition coefficient (Wildman–Crippen LogP) is 1.09. The topological polar surface area (TPSA) is 59.2 Å². The fourth-order valence-corrected chi connectivity index (χ4v) is 1.32. The highest BCUT2D eigenvalue weighted by atomic mass is 16.5. The molecule has 1 heterocycles. The monoisotopic (exact) mass is 225 g/mol. The number of carbonyl (C=O) groups is 1. The summed E-state index contributed by atoms with van der Waals surface area (Å²) in [6.07, 6.45) is 2.46. The molecular formula is C11H19N3O2. The van der Waals surface area contributed by atoms with Crippen LogP contribution in [0, 0.1) is 0 Å². The van der Waals surface area contributed by atoms with Crippen molar-refractivity contribution in [3.05, 3.63) is 11.7 Å². The molecule has 0 unspecified atom stereocenters. The van der Waals surface area contributed by atoms with Crippen LogP contribution in [0.2, 0.25) is 0 Å². The van der Waals surface area contributed by atoms with E-state index < -0.39 is 0 Å². The molecule has 0 aliphatic rings. The Morgan fingerprint density at radius 1 is 1.44 bits per heavy atom. The van der Waals surface area contributed by atoms with Gasteiger partial charge < -0.3 is 9.42 Å². The summed E-state index contributed by atoms with van der Waals surface area (Å²) >= 11 is 0. The molecule has 0 amide bonds. The van der Waals surface area contributed by atoms with Gasteiger partial charge in [-0.15, -0.1) is 0 Å². The van der Waals surface area contributed by atoms with Gasteiger partial charge >= 0.3 is 0 Å². The third-order valence-electron chi connectivity index (χ3n) is 2.17. The molecule has 5 nitrogen and oxygen atoms in total. The van der Waals surface area contributed by atoms with Crippen LogP contribution in [0.15, 0.2) is 4.52 Å². The van der Waals surface area contributed by atoms with Crippen LogP contribution in [0.25, 0.3) is 0 Å². The molecule has 0 radical (unpaired) electrons. The number of hydrogen-bond acceptors (Lipinski definition) is 5. The molecule has 0 aliphatic heterocycles. The van der Waals surface area contributed by atoms with E-state index in [9.17, 15) is 4.79 Å². The smallest absolute Gasteiger partial charge is 0.234 e. The zero-order valence-electron chi connectivity index (χ0n) is 10.2. The molecule has 0 N–H and O–H groups in total. The van der Waals surface area contributed by atoms with E-state index in [0.717, 1.165) is 19.4 Å². The summed E-state index contributed by atoms with van der Waals surface area (Å²) in [5, 5.41) is 3.84. The molecule has 0 saturated heterocycles. The SMILES string of the molecule is CCCC(=O)Cc1nc(CCN(C)C)no1. The molecule has 90 valence electrons. The van der Waals surface area contributed by atoms with Crippen molar-refractivity contribution < 1.29 is 9.32 Å². The van der Waals surface area contributed by atoms with Crippen molar-refractivity contribution in [1.82, 2.24) is 15.0 Å². The van der Waals surface area contributed by atoms with Crippen LogP contribution in [0.3, 0.4) is 0 Å². The van der Waals surface area contributed by atoms with E-state index in [0.29, 0.717) is 18.1 Å². The Morgan fingerprint density at radius 2 is 2.19 bits per heavy atom. The third-order valence-corrected chi connectivity index (χ3v) is 2.17. The largest absolute Gasteiger partial charge is 0.339 e. The van der Waals surface area contributed by atoms with Crippen LogP contribution in [-0.4, -0.2) is 41.5 Å². The van der Waals surface area contributed by atoms with Crippen molar-refractivity contribution in [1.29, 1.82) is 0 Å². The number of aromatic nitrogens is 2. The number of nitrogens with zero attached hydrogens (tertiary/aromatic N) is 3. The second-order valence-electron chi connectivity index (χ2n) is 4.12. The Bertz CT molecular complexity index is 334. The second kappa shape index (κ2) is 6.37. The lowest BCUT2D eigenvalue weighted by Crippen LogP contribution is -2.15. The average molecular weight is 225 g/mol. The zero-order chi connectivity index (χ0) is 12.0. The first-order valence-corrected chi connectivity index (χ1v) is 5.59. The van der Waals surface area contributed by atoms with Crippen LogP contribution in [-0.2, 0) is 17.6 Å². The molecule has 16 heavy (non-hydrogen) atoms. The highest BCUT2D eigenvalue weighted by Crippen LogP contribution is 2.02. The number of carbonyl (C=O) groups excluding carboxylic acids is 1. The average Bonchev–Trinajstić information content (AvgIpc) is 2.63. The van der Waals surface area contributed by atoms with Gasteiger partial charge in [-0.1, -0.05) is 12.1 Å². The molecule has 0 saturated carbocycles. The summed E-state index contributed by atoms with van der Waals surface area (Å²) < 4.78 is 5.01. The molecule has 0 aliphatic carbocycles. The minimum atomic E-state index is 0.158. The van der Waals surface area contributed by atoms with Gasteiger partial charge in [0.25, 0.3) is 0 Å². The minimum absolute atomic E-state index is 0.158. The Labute approximate surface area is 95.8 Å². The molecule has 0 bridgehead atoms. The van der Waals surface area contributed by atoms with Gasteiger partial charge in [0, 0.05) is 19.4 Å². The van der Waals surface area contributed by atoms with Gasteiger partial charge in [-0.05, 0) is 20.5 Å². The van der Waals surface area contributed by atoms with E-state index in [1.807, 2.05) is 21.0 Å². The minimum Gasteiger partial charge on any atom is -0.339 e. The first-order valence-electron chi connectivity index (χ1n) is 5.59. The van der Waals surface area contributed by atoms with E-state index >= 15 is 0 Å². The number of rotatable bonds is 7. The van der Waals surface area contributed by atoms with Gasteiger partial charge in [-0.25, -0.2) is 0 Å². The number of Topliss-reactive ketones (excluding diaryl/α,β-unsaturated/α-hetero) is 1. The van der Waals surface area contributed by atoms with Crippen molar-refractivity contribution in [2.45, 2.75) is 32.6 Å². The lowest BCUT2D eigenvalue weighted by Gasteiger charge is -2.05. The Kier molecular flexibility index (Phi) is 5.11. The second-order valence-corrected chi connectivity index (χ2v) is 4.12. The van der Waals surface area contributed by atoms with Gasteiger partial charge in [-0.2, -0.15) is 4.98 Å². The fraction of sp³-hybridized carbons (Fsp3) is 0.727. The third kappa shape index (κ3) is 4.53. The van der Waals surface area contributed by atoms with Gasteiger partial charge in [-0.3, -0.25) is 4.79 Å². The molecular weight excluding hydrogens is 206 g/mol. The van der Waals surface area contributed by atoms with Crippen LogP contribution >= 0.6 is 0 Å². The van der Waals surface area contributed by atoms with Crippen molar-refractivity contribution in [3.8, 4) is 0 Å². The lowest BCUT2D eigenvalue weighted by atomic mass is 10.2. The van der Waals surface area contributed by atoms with Gasteiger partial charge in [0.15, 0.2) is 5.82 Å². The van der Waals surface area contributed by atoms with Crippen LogP contribution in [0.5, 0.6) is 0 Å². The van der Waals surface area contributed by atoms with E-state index in [1.165, 1.54) is 0 Å². The van der Waals surface area contributed by atoms with E-state index in [2.05, 4.69) is 15.0 Å². The van der Waals surface area contributed by atoms with Crippen LogP contribution < -0.4 is 0 Å². The van der Waals surface area contributed by atoms with Gasteiger partial charge in [0.05, 0.1) is 6.42 Å². The highest BCUT2D eigenvalue weighted by Gasteiger charge is 2.10. The molecule has 0 atom stereocenters. The maximum absolute atomic E-state index is 11.4. The molecule has 0 spiro atoms. The van der Waals surface area contributed by atoms with Gasteiger partial charge in [0.1, 0.15) is 5.78 Å². The number of ketones is 1. The summed E-state index contributed by atoms with van der Waals surface area (Å²) in [4.78, 5) is 17.6. The Balaban J connectivity index is 2.42. The van der Waals surface area contributed by atoms with Crippen molar-refractivity contribution >= 4 is 5.78 Å². The maximum Gasteiger partial charge on any atom is 0.234 e. The molecule has 1 aromatic heterocycles. The fourth-order valence-electron chi connectivity index (χ4n) is 1.32. The van der Waals surface area contributed by atoms with E-state index in [-0.39, 0.29) is 12.2 Å². The first-order chi connectivity index (χ1) is 7.61. The zero-order valence-corrected chi connectivity index (χ0v) is 10.2. The molecule has 1 rings (SSSR count). The van der Waals surface area contributed by atoms with E-state index in [1.54, 1.807) is 0 Å². The normalized spacial score (nSPS) is 11.0. The summed E-state index contributed by atoms with van der Waals surface area (Å²) in [6, 6.07) is 0. The van der Waals surface area contributed by atoms with E-state index in [4.69, 9.17) is 4.52 Å². The number of hydrogen-bond donors (Lipinski definition) is 0. The van der Waals surface area contributed by atoms with Crippen molar-refractivity contribution in [3.63, 3.8) is 0 Å². The maximum atomic E-state index is 11.4. The Morgan fingerprint density at radius 3 is 2.81 bits per heavy atom. The standard InChI is InChI=1S/C11H19N3O2/c1-4-5-9(15)8-11-12-10(13-16-11)6-7-14(2)3/h4-8H2,1-3H3. The van der Waals surface area contributed by atoms with Crippen molar-refractivity contribution in [2.24, 2.45) is 0 Å². The van der Waals surface area contributed by atoms with Crippen LogP contribution in [0.1, 0.15) is 31.5 Å². The van der Waals surface area contributed by atoms with Gasteiger partial charge in [0.2, 0.25) is 5.89 Å². The summed E-state index contributed by atoms with van der Waals surface area (Å²) in [6.45, 7) is 2.86. The molecule has 0 fully saturated rings. The quantitative estimate of drug-likeness (QED) is 0.695. The van der Waals surface area contributed by atoms with Crippen molar-refractivity contribution in [2.75, 3.05) is 20.6 Å². The summed E-state index contributed by atoms with van der Waals surface area (Å²) in [5.74, 6) is 1.27. The molecule has 0 aromatic carbocycles. The number of likely N-dealkylation sites (N-methyl/N-ethyl adjacent to an activating group) is 1. The lowest BCUT2D eigenvalue weighted by molar-refractivity contribution is -0.118. The summed E-state index contributed by atoms with van der Waals surface area (Å²) in [7, 11) is 3.98. The highest BCUT2D eigenvalue weighted by molar-refractivity contribution is 5.79. The summed E-state index contributed by atoms with van der Waals surface area (Å²) in [5.41, 5.74) is 0. The predicted molar refractivity (Wildman–Crippen MR) is 60.2 cm³/mol. The van der Waals surface area contributed by atoms with Crippen LogP contribution in [0.4, 0.5) is 0 Å². The molecule has 1 aromatic rings. The Hall–Kier alpha value is -1.23. The molecule has 5 heteroatoms.